The number of hydrogen-bond acceptors (Lipinski definition) is 2. The molecule has 1 unspecified atom stereocenters. The number of pyridine rings is 2. The third-order valence-corrected chi connectivity index (χ3v) is 13.0. The maximum atomic E-state index is 4.82. The van der Waals surface area contributed by atoms with Crippen molar-refractivity contribution in [2.75, 3.05) is 0 Å². The summed E-state index contributed by atoms with van der Waals surface area (Å²) >= 11 is 0. The minimum absolute atomic E-state index is 0. The molecule has 3 aromatic carbocycles. The van der Waals surface area contributed by atoms with Crippen LogP contribution in [0.4, 0.5) is 0 Å². The molecule has 9 rings (SSSR count). The molecule has 5 aromatic rings. The van der Waals surface area contributed by atoms with Crippen LogP contribution >= 0.6 is 0 Å². The van der Waals surface area contributed by atoms with E-state index in [-0.39, 0.29) is 20.1 Å². The molecule has 0 amide bonds. The van der Waals surface area contributed by atoms with Crippen LogP contribution in [-0.4, -0.2) is 18.0 Å². The van der Waals surface area contributed by atoms with Crippen LogP contribution in [0.15, 0.2) is 97.3 Å². The molecule has 1 radical (unpaired) electrons. The number of aryl methyl sites for hydroxylation is 1. The topological polar surface area (TPSA) is 25.8 Å². The van der Waals surface area contributed by atoms with E-state index in [2.05, 4.69) is 91.5 Å². The van der Waals surface area contributed by atoms with Crippen molar-refractivity contribution in [1.29, 1.82) is 0 Å². The molecule has 2 heterocycles. The fourth-order valence-electron chi connectivity index (χ4n) is 8.41. The second-order valence-electron chi connectivity index (χ2n) is 15.1. The summed E-state index contributed by atoms with van der Waals surface area (Å²) in [5, 5.41) is 1.56. The summed E-state index contributed by atoms with van der Waals surface area (Å²) in [6.45, 7) is 7.36. The Labute approximate surface area is 303 Å². The monoisotopic (exact) mass is 825 g/mol. The minimum Gasteiger partial charge on any atom is -0.305 e. The smallest absolute Gasteiger partial charge is 0.0798 e. The van der Waals surface area contributed by atoms with E-state index in [4.69, 9.17) is 4.98 Å². The first kappa shape index (κ1) is 34.7. The predicted molar refractivity (Wildman–Crippen MR) is 199 cm³/mol. The molecule has 48 heavy (non-hydrogen) atoms. The quantitative estimate of drug-likeness (QED) is 0.126. The Balaban J connectivity index is 0.000000165. The molecule has 2 bridgehead atoms. The summed E-state index contributed by atoms with van der Waals surface area (Å²) in [5.74, 6) is 2.88. The van der Waals surface area contributed by atoms with E-state index in [1.807, 2.05) is 42.6 Å². The molecule has 3 fully saturated rings. The fraction of sp³-hybridized carbons (Fsp3) is 0.364. The average molecular weight is 825 g/mol. The largest absolute Gasteiger partial charge is 0.305 e. The Morgan fingerprint density at radius 3 is 2.06 bits per heavy atom. The summed E-state index contributed by atoms with van der Waals surface area (Å²) in [6.07, 6.45) is 17.9. The van der Waals surface area contributed by atoms with Crippen molar-refractivity contribution in [3.05, 3.63) is 126 Å². The van der Waals surface area contributed by atoms with Gasteiger partial charge in [0.2, 0.25) is 0 Å². The van der Waals surface area contributed by atoms with E-state index in [0.29, 0.717) is 0 Å². The third kappa shape index (κ3) is 7.99. The maximum Gasteiger partial charge on any atom is 0.0798 e. The van der Waals surface area contributed by atoms with E-state index in [9.17, 15) is 0 Å². The predicted octanol–water partition coefficient (Wildman–Crippen LogP) is 10.6. The second kappa shape index (κ2) is 15.6. The first-order valence-electron chi connectivity index (χ1n) is 17.9. The van der Waals surface area contributed by atoms with Gasteiger partial charge in [0.1, 0.15) is 0 Å². The van der Waals surface area contributed by atoms with E-state index in [1.165, 1.54) is 86.5 Å². The van der Waals surface area contributed by atoms with Gasteiger partial charge in [-0.2, -0.15) is 0 Å². The van der Waals surface area contributed by atoms with Gasteiger partial charge in [0.25, 0.3) is 0 Å². The van der Waals surface area contributed by atoms with Crippen molar-refractivity contribution in [1.82, 2.24) is 9.97 Å². The van der Waals surface area contributed by atoms with Crippen LogP contribution < -0.4 is 5.19 Å². The third-order valence-electron chi connectivity index (χ3n) is 10.9. The van der Waals surface area contributed by atoms with E-state index in [1.54, 1.807) is 10.8 Å². The summed E-state index contributed by atoms with van der Waals surface area (Å²) in [7, 11) is -1.38. The Morgan fingerprint density at radius 1 is 0.729 bits per heavy atom. The number of nitrogens with zero attached hydrogens (tertiary/aromatic N) is 2. The van der Waals surface area contributed by atoms with E-state index in [0.717, 1.165) is 40.3 Å². The molecule has 0 spiro atoms. The molecule has 0 saturated heterocycles. The number of benzene rings is 3. The van der Waals surface area contributed by atoms with Gasteiger partial charge in [-0.3, -0.25) is 0 Å². The summed E-state index contributed by atoms with van der Waals surface area (Å²) < 4.78 is 0. The van der Waals surface area contributed by atoms with Crippen LogP contribution in [0.1, 0.15) is 61.6 Å². The zero-order valence-corrected chi connectivity index (χ0v) is 32.2. The van der Waals surface area contributed by atoms with Gasteiger partial charge in [-0.05, 0) is 108 Å². The first-order valence-corrected chi connectivity index (χ1v) is 21.4. The number of hydrogen-bond donors (Lipinski definition) is 0. The minimum atomic E-state index is -1.38. The Morgan fingerprint density at radius 2 is 1.44 bits per heavy atom. The van der Waals surface area contributed by atoms with Gasteiger partial charge in [0, 0.05) is 32.5 Å². The first-order chi connectivity index (χ1) is 22.9. The molecular weight excluding hydrogens is 777 g/mol. The van der Waals surface area contributed by atoms with Gasteiger partial charge >= 0.3 is 0 Å². The maximum absolute atomic E-state index is 4.82. The zero-order valence-electron chi connectivity index (χ0n) is 28.8. The molecule has 1 atom stereocenters. The number of aromatic nitrogens is 2. The van der Waals surface area contributed by atoms with Gasteiger partial charge in [0.05, 0.1) is 8.07 Å². The molecule has 2 nitrogen and oxygen atoms in total. The molecule has 4 aliphatic rings. The second-order valence-corrected chi connectivity index (χ2v) is 20.1. The Bertz CT molecular complexity index is 1770. The number of fused-ring (bicyclic) bond motifs is 4. The Hall–Kier alpha value is -3.17. The van der Waals surface area contributed by atoms with Crippen LogP contribution in [0, 0.1) is 29.9 Å². The molecule has 3 saturated carbocycles. The van der Waals surface area contributed by atoms with E-state index >= 15 is 0 Å². The van der Waals surface area contributed by atoms with Gasteiger partial charge in [-0.15, -0.1) is 71.8 Å². The molecule has 249 valence electrons. The van der Waals surface area contributed by atoms with Crippen molar-refractivity contribution in [2.24, 2.45) is 17.8 Å². The van der Waals surface area contributed by atoms with Gasteiger partial charge < -0.3 is 9.97 Å². The van der Waals surface area contributed by atoms with Crippen LogP contribution in [0.3, 0.4) is 0 Å². The molecule has 0 N–H and O–H groups in total. The molecule has 4 heteroatoms. The normalized spacial score (nSPS) is 19.8. The summed E-state index contributed by atoms with van der Waals surface area (Å²) in [5.41, 5.74) is 11.4. The molecule has 0 aliphatic heterocycles. The van der Waals surface area contributed by atoms with Crippen molar-refractivity contribution in [2.45, 2.75) is 83.8 Å². The molecule has 4 aliphatic carbocycles. The number of rotatable bonds is 6. The van der Waals surface area contributed by atoms with Crippen molar-refractivity contribution >= 4 is 13.3 Å². The summed E-state index contributed by atoms with van der Waals surface area (Å²) in [4.78, 5) is 9.46. The Kier molecular flexibility index (Phi) is 11.3. The van der Waals surface area contributed by atoms with Crippen LogP contribution in [-0.2, 0) is 39.4 Å². The van der Waals surface area contributed by atoms with Crippen molar-refractivity contribution in [3.63, 3.8) is 0 Å². The summed E-state index contributed by atoms with van der Waals surface area (Å²) in [6, 6.07) is 36.2. The van der Waals surface area contributed by atoms with Crippen molar-refractivity contribution in [3.8, 4) is 33.6 Å². The van der Waals surface area contributed by atoms with Crippen molar-refractivity contribution < 1.29 is 20.1 Å². The molecular formula is C44H48IrN2Si-2. The molecule has 2 aromatic heterocycles. The standard InChI is InChI=1S/C23H30NSi.C21H18N.Ir/c1-25(2,3)23-16-24-22(19-7-5-4-6-8-19)15-21(23)14-20-13-17-9-11-18(20)12-10-17;1-2-8-17(9-3-1)21-14-13-18(15-22-21)20-12-6-10-16-7-4-5-11-19(16)20;/h4-7,15-18,20H,9-14H2,1-3H3;1-3,6,8,10,12-15H,4-5,7,11H2;/q2*-1;. The zero-order chi connectivity index (χ0) is 32.2. The SMILES string of the molecule is C[Si](C)(C)c1cnc(-c2[c-]cccc2)cc1CC1CC2CCC1CC2.[Ir].[c-]1ccccc1-c1ccc(-c2cccc3c2CCCC3)cn1. The van der Waals surface area contributed by atoms with E-state index < -0.39 is 8.07 Å². The van der Waals surface area contributed by atoms with Gasteiger partial charge in [-0.1, -0.05) is 74.4 Å². The van der Waals surface area contributed by atoms with Crippen LogP contribution in [0.25, 0.3) is 33.6 Å². The van der Waals surface area contributed by atoms with Gasteiger partial charge in [-0.25, -0.2) is 0 Å². The van der Waals surface area contributed by atoms with Crippen LogP contribution in [0.2, 0.25) is 19.6 Å². The average Bonchev–Trinajstić information content (AvgIpc) is 3.12. The fourth-order valence-corrected chi connectivity index (χ4v) is 10.00. The van der Waals surface area contributed by atoms with Gasteiger partial charge in [0.15, 0.2) is 0 Å². The van der Waals surface area contributed by atoms with Crippen LogP contribution in [0.5, 0.6) is 0 Å².